The zero-order valence-electron chi connectivity index (χ0n) is 12.8. The van der Waals surface area contributed by atoms with Crippen LogP contribution < -0.4 is 10.1 Å². The van der Waals surface area contributed by atoms with Gasteiger partial charge in [0.05, 0.1) is 11.6 Å². The lowest BCUT2D eigenvalue weighted by Crippen LogP contribution is -2.47. The summed E-state index contributed by atoms with van der Waals surface area (Å²) in [5, 5.41) is 11.5. The smallest absolute Gasteiger partial charge is 0.481 e. The number of hydrogen-bond acceptors (Lipinski definition) is 3. The number of amides is 2. The van der Waals surface area contributed by atoms with Crippen LogP contribution in [0.15, 0.2) is 24.3 Å². The number of likely N-dealkylation sites (tertiary alicyclic amines) is 1. The zero-order chi connectivity index (χ0) is 17.9. The average Bonchev–Trinajstić information content (AvgIpc) is 2.47. The number of urea groups is 1. The summed E-state index contributed by atoms with van der Waals surface area (Å²) in [6.45, 7) is 2.15. The minimum Gasteiger partial charge on any atom is -0.481 e. The molecule has 24 heavy (non-hydrogen) atoms. The highest BCUT2D eigenvalue weighted by molar-refractivity contribution is 5.91. The molecule has 0 bridgehead atoms. The molecule has 1 aromatic carbocycles. The van der Waals surface area contributed by atoms with Crippen LogP contribution in [-0.2, 0) is 4.79 Å². The molecule has 1 saturated heterocycles. The molecule has 6 nitrogen and oxygen atoms in total. The van der Waals surface area contributed by atoms with Gasteiger partial charge in [0.25, 0.3) is 0 Å². The van der Waals surface area contributed by atoms with Crippen molar-refractivity contribution in [3.8, 4) is 5.75 Å². The molecule has 2 N–H and O–H groups in total. The van der Waals surface area contributed by atoms with E-state index in [-0.39, 0.29) is 18.2 Å². The quantitative estimate of drug-likeness (QED) is 0.881. The number of nitrogens with one attached hydrogen (secondary N) is 1. The van der Waals surface area contributed by atoms with Gasteiger partial charge in [0.2, 0.25) is 0 Å². The summed E-state index contributed by atoms with van der Waals surface area (Å²) in [5.74, 6) is -2.24. The summed E-state index contributed by atoms with van der Waals surface area (Å²) in [6, 6.07) is 4.51. The molecule has 2 atom stereocenters. The number of piperidine rings is 1. The van der Waals surface area contributed by atoms with E-state index >= 15 is 0 Å². The second-order valence-corrected chi connectivity index (χ2v) is 5.76. The number of carbonyl (C=O) groups is 2. The van der Waals surface area contributed by atoms with E-state index in [9.17, 15) is 22.8 Å². The minimum atomic E-state index is -4.88. The van der Waals surface area contributed by atoms with E-state index in [0.29, 0.717) is 13.0 Å². The third-order valence-corrected chi connectivity index (χ3v) is 3.65. The molecule has 0 aromatic heterocycles. The Balaban J connectivity index is 2.11. The van der Waals surface area contributed by atoms with Crippen molar-refractivity contribution < 1.29 is 32.6 Å². The maximum atomic E-state index is 12.4. The van der Waals surface area contributed by atoms with Gasteiger partial charge >= 0.3 is 18.4 Å². The Bertz CT molecular complexity index is 621. The van der Waals surface area contributed by atoms with Crippen molar-refractivity contribution in [1.29, 1.82) is 0 Å². The number of benzene rings is 1. The van der Waals surface area contributed by atoms with Crippen LogP contribution >= 0.6 is 0 Å². The number of ether oxygens (including phenoxy) is 1. The molecule has 132 valence electrons. The van der Waals surface area contributed by atoms with Crippen molar-refractivity contribution >= 4 is 17.7 Å². The molecule has 1 aliphatic heterocycles. The number of anilines is 1. The van der Waals surface area contributed by atoms with Gasteiger partial charge in [-0.1, -0.05) is 19.1 Å². The van der Waals surface area contributed by atoms with E-state index in [1.54, 1.807) is 0 Å². The van der Waals surface area contributed by atoms with Crippen LogP contribution in [-0.4, -0.2) is 41.5 Å². The SMILES string of the molecule is CC1CC(C(=O)O)CN(C(=O)Nc2ccccc2OC(F)(F)F)C1. The molecular formula is C15H17F3N2O4. The molecular weight excluding hydrogens is 329 g/mol. The van der Waals surface area contributed by atoms with E-state index in [2.05, 4.69) is 10.1 Å². The molecule has 2 rings (SSSR count). The molecule has 9 heteroatoms. The van der Waals surface area contributed by atoms with Crippen molar-refractivity contribution in [3.05, 3.63) is 24.3 Å². The van der Waals surface area contributed by atoms with E-state index < -0.39 is 30.0 Å². The molecule has 0 saturated carbocycles. The van der Waals surface area contributed by atoms with E-state index in [0.717, 1.165) is 6.07 Å². The fraction of sp³-hybridized carbons (Fsp3) is 0.467. The van der Waals surface area contributed by atoms with Gasteiger partial charge < -0.3 is 20.1 Å². The summed E-state index contributed by atoms with van der Waals surface area (Å²) in [5.41, 5.74) is -0.134. The largest absolute Gasteiger partial charge is 0.573 e. The third-order valence-electron chi connectivity index (χ3n) is 3.65. The summed E-state index contributed by atoms with van der Waals surface area (Å²) in [7, 11) is 0. The summed E-state index contributed by atoms with van der Waals surface area (Å²) in [6.07, 6.45) is -4.43. The highest BCUT2D eigenvalue weighted by Crippen LogP contribution is 2.30. The van der Waals surface area contributed by atoms with Crippen molar-refractivity contribution in [2.45, 2.75) is 19.7 Å². The lowest BCUT2D eigenvalue weighted by Gasteiger charge is -2.34. The van der Waals surface area contributed by atoms with Crippen molar-refractivity contribution in [2.75, 3.05) is 18.4 Å². The predicted octanol–water partition coefficient (Wildman–Crippen LogP) is 3.16. The number of carbonyl (C=O) groups excluding carboxylic acids is 1. The van der Waals surface area contributed by atoms with Crippen LogP contribution in [0.25, 0.3) is 0 Å². The fourth-order valence-corrected chi connectivity index (χ4v) is 2.67. The highest BCUT2D eigenvalue weighted by atomic mass is 19.4. The van der Waals surface area contributed by atoms with Gasteiger partial charge in [-0.05, 0) is 24.5 Å². The van der Waals surface area contributed by atoms with E-state index in [1.807, 2.05) is 6.92 Å². The Kier molecular flexibility index (Phi) is 5.20. The van der Waals surface area contributed by atoms with Crippen LogP contribution in [0.3, 0.4) is 0 Å². The Morgan fingerprint density at radius 2 is 1.96 bits per heavy atom. The second-order valence-electron chi connectivity index (χ2n) is 5.76. The fourth-order valence-electron chi connectivity index (χ4n) is 2.67. The van der Waals surface area contributed by atoms with Crippen molar-refractivity contribution in [2.24, 2.45) is 11.8 Å². The first kappa shape index (κ1) is 17.9. The molecule has 1 aromatic rings. The van der Waals surface area contributed by atoms with Crippen LogP contribution in [0.5, 0.6) is 5.75 Å². The third kappa shape index (κ3) is 4.77. The Morgan fingerprint density at radius 3 is 2.58 bits per heavy atom. The summed E-state index contributed by atoms with van der Waals surface area (Å²) in [4.78, 5) is 24.7. The highest BCUT2D eigenvalue weighted by Gasteiger charge is 2.34. The second kappa shape index (κ2) is 6.98. The average molecular weight is 346 g/mol. The van der Waals surface area contributed by atoms with Crippen LogP contribution in [0.2, 0.25) is 0 Å². The van der Waals surface area contributed by atoms with Gasteiger partial charge in [-0.25, -0.2) is 4.79 Å². The van der Waals surface area contributed by atoms with Crippen LogP contribution in [0.1, 0.15) is 13.3 Å². The molecule has 0 radical (unpaired) electrons. The standard InChI is InChI=1S/C15H17F3N2O4/c1-9-6-10(13(21)22)8-20(7-9)14(23)19-11-4-2-3-5-12(11)24-15(16,17)18/h2-5,9-10H,6-8H2,1H3,(H,19,23)(H,21,22). The van der Waals surface area contributed by atoms with Gasteiger partial charge in [-0.3, -0.25) is 4.79 Å². The summed E-state index contributed by atoms with van der Waals surface area (Å²) >= 11 is 0. The Labute approximate surface area is 136 Å². The van der Waals surface area contributed by atoms with Crippen LogP contribution in [0, 0.1) is 11.8 Å². The summed E-state index contributed by atoms with van der Waals surface area (Å²) < 4.78 is 41.1. The minimum absolute atomic E-state index is 0.00774. The number of aliphatic carboxylic acids is 1. The maximum Gasteiger partial charge on any atom is 0.573 e. The molecule has 1 heterocycles. The number of carboxylic acids is 1. The van der Waals surface area contributed by atoms with Gasteiger partial charge in [0.1, 0.15) is 0 Å². The molecule has 0 aliphatic carbocycles. The maximum absolute atomic E-state index is 12.4. The van der Waals surface area contributed by atoms with Crippen molar-refractivity contribution in [1.82, 2.24) is 4.90 Å². The van der Waals surface area contributed by atoms with Gasteiger partial charge in [-0.15, -0.1) is 13.2 Å². The first-order valence-electron chi connectivity index (χ1n) is 7.29. The number of nitrogens with zero attached hydrogens (tertiary/aromatic N) is 1. The topological polar surface area (TPSA) is 78.9 Å². The number of halogens is 3. The van der Waals surface area contributed by atoms with Gasteiger partial charge in [-0.2, -0.15) is 0 Å². The Morgan fingerprint density at radius 1 is 1.29 bits per heavy atom. The van der Waals surface area contributed by atoms with E-state index in [4.69, 9.17) is 5.11 Å². The molecule has 2 unspecified atom stereocenters. The monoisotopic (exact) mass is 346 g/mol. The van der Waals surface area contributed by atoms with Gasteiger partial charge in [0.15, 0.2) is 5.75 Å². The lowest BCUT2D eigenvalue weighted by molar-refractivity contribution is -0.274. The number of carboxylic acid groups (broad SMARTS) is 1. The van der Waals surface area contributed by atoms with E-state index in [1.165, 1.54) is 23.1 Å². The predicted molar refractivity (Wildman–Crippen MR) is 78.6 cm³/mol. The normalized spacial score (nSPS) is 21.2. The molecule has 0 spiro atoms. The van der Waals surface area contributed by atoms with Gasteiger partial charge in [0, 0.05) is 13.1 Å². The first-order valence-corrected chi connectivity index (χ1v) is 7.29. The zero-order valence-corrected chi connectivity index (χ0v) is 12.8. The molecule has 2 amide bonds. The number of para-hydroxylation sites is 2. The van der Waals surface area contributed by atoms with Crippen LogP contribution in [0.4, 0.5) is 23.7 Å². The molecule has 1 aliphatic rings. The number of hydrogen-bond donors (Lipinski definition) is 2. The first-order chi connectivity index (χ1) is 11.2. The Hall–Kier alpha value is -2.45. The van der Waals surface area contributed by atoms with Crippen molar-refractivity contribution in [3.63, 3.8) is 0 Å². The number of rotatable bonds is 3. The molecule has 1 fully saturated rings. The lowest BCUT2D eigenvalue weighted by atomic mass is 9.91. The number of alkyl halides is 3.